The fraction of sp³-hybridized carbons (Fsp3) is 0.391. The predicted octanol–water partition coefficient (Wildman–Crippen LogP) is 3.70. The molecule has 1 aromatic carbocycles. The lowest BCUT2D eigenvalue weighted by Crippen LogP contribution is -2.47. The standard InChI is InChI=1S/C23H28N4O3S/c1-25-11-8-18(9-12-25)27(23(28)21-7-4-16-31-21)22-10-13-26(24-22)19-5-3-6-20(17-19)30-15-14-29-2/h3-7,10,13,16-18H,8-9,11-12,14-15H2,1-2H3. The van der Waals surface area contributed by atoms with E-state index in [4.69, 9.17) is 14.6 Å². The fourth-order valence-electron chi connectivity index (χ4n) is 3.77. The number of thiophene rings is 1. The van der Waals surface area contributed by atoms with E-state index in [1.807, 2.05) is 58.9 Å². The maximum atomic E-state index is 13.4. The molecule has 0 radical (unpaired) electrons. The van der Waals surface area contributed by atoms with Crippen LogP contribution in [0.5, 0.6) is 5.75 Å². The molecular formula is C23H28N4O3S. The van der Waals surface area contributed by atoms with Gasteiger partial charge in [0.25, 0.3) is 5.91 Å². The number of benzene rings is 1. The first kappa shape index (κ1) is 21.5. The van der Waals surface area contributed by atoms with Crippen molar-refractivity contribution < 1.29 is 14.3 Å². The van der Waals surface area contributed by atoms with Crippen molar-refractivity contribution in [1.29, 1.82) is 0 Å². The van der Waals surface area contributed by atoms with Gasteiger partial charge < -0.3 is 14.4 Å². The SMILES string of the molecule is COCCOc1cccc(-n2ccc(N(C(=O)c3cccs3)C3CCN(C)CC3)n2)c1. The zero-order chi connectivity index (χ0) is 21.6. The van der Waals surface area contributed by atoms with E-state index in [0.29, 0.717) is 19.0 Å². The third kappa shape index (κ3) is 5.15. The quantitative estimate of drug-likeness (QED) is 0.500. The summed E-state index contributed by atoms with van der Waals surface area (Å²) in [6.07, 6.45) is 3.76. The highest BCUT2D eigenvalue weighted by atomic mass is 32.1. The first-order chi connectivity index (χ1) is 15.2. The first-order valence-electron chi connectivity index (χ1n) is 10.5. The number of amides is 1. The molecule has 0 atom stereocenters. The van der Waals surface area contributed by atoms with Gasteiger partial charge in [-0.05, 0) is 56.6 Å². The largest absolute Gasteiger partial charge is 0.491 e. The van der Waals surface area contributed by atoms with Crippen molar-refractivity contribution in [2.75, 3.05) is 45.4 Å². The molecule has 8 heteroatoms. The Hall–Kier alpha value is -2.68. The number of ether oxygens (including phenoxy) is 2. The lowest BCUT2D eigenvalue weighted by molar-refractivity contribution is 0.0966. The molecular weight excluding hydrogens is 412 g/mol. The summed E-state index contributed by atoms with van der Waals surface area (Å²) >= 11 is 1.47. The van der Waals surface area contributed by atoms with Crippen LogP contribution in [0, 0.1) is 0 Å². The van der Waals surface area contributed by atoms with E-state index in [1.165, 1.54) is 11.3 Å². The Balaban J connectivity index is 1.59. The molecule has 1 aliphatic rings. The second kappa shape index (κ2) is 10.1. The number of carbonyl (C=O) groups is 1. The topological polar surface area (TPSA) is 59.8 Å². The Morgan fingerprint density at radius 2 is 2.03 bits per heavy atom. The molecule has 0 N–H and O–H groups in total. The lowest BCUT2D eigenvalue weighted by Gasteiger charge is -2.36. The number of aromatic nitrogens is 2. The second-order valence-corrected chi connectivity index (χ2v) is 8.59. The normalized spacial score (nSPS) is 15.2. The third-order valence-corrected chi connectivity index (χ3v) is 6.32. The van der Waals surface area contributed by atoms with Gasteiger partial charge in [0.1, 0.15) is 12.4 Å². The number of nitrogens with zero attached hydrogens (tertiary/aromatic N) is 4. The van der Waals surface area contributed by atoms with Gasteiger partial charge in [0.2, 0.25) is 0 Å². The van der Waals surface area contributed by atoms with Crippen molar-refractivity contribution in [3.8, 4) is 11.4 Å². The summed E-state index contributed by atoms with van der Waals surface area (Å²) in [5.74, 6) is 1.46. The van der Waals surface area contributed by atoms with Crippen molar-refractivity contribution in [2.24, 2.45) is 0 Å². The van der Waals surface area contributed by atoms with Crippen LogP contribution in [0.4, 0.5) is 5.82 Å². The van der Waals surface area contributed by atoms with Crippen LogP contribution >= 0.6 is 11.3 Å². The Kier molecular flexibility index (Phi) is 7.01. The molecule has 0 aliphatic carbocycles. The van der Waals surface area contributed by atoms with Gasteiger partial charge in [-0.2, -0.15) is 0 Å². The maximum Gasteiger partial charge on any atom is 0.269 e. The van der Waals surface area contributed by atoms with Crippen LogP contribution < -0.4 is 9.64 Å². The monoisotopic (exact) mass is 440 g/mol. The molecule has 1 aliphatic heterocycles. The Bertz CT molecular complexity index is 980. The molecule has 0 saturated carbocycles. The second-order valence-electron chi connectivity index (χ2n) is 7.64. The van der Waals surface area contributed by atoms with Gasteiger partial charge in [-0.25, -0.2) is 4.68 Å². The smallest absolute Gasteiger partial charge is 0.269 e. The molecule has 1 amide bonds. The van der Waals surface area contributed by atoms with Crippen molar-refractivity contribution in [3.05, 3.63) is 58.9 Å². The average molecular weight is 441 g/mol. The Morgan fingerprint density at radius 1 is 1.19 bits per heavy atom. The van der Waals surface area contributed by atoms with Gasteiger partial charge in [0.15, 0.2) is 5.82 Å². The molecule has 3 aromatic rings. The number of anilines is 1. The van der Waals surface area contributed by atoms with Gasteiger partial charge in [0, 0.05) is 31.5 Å². The predicted molar refractivity (Wildman–Crippen MR) is 123 cm³/mol. The van der Waals surface area contributed by atoms with E-state index in [2.05, 4.69) is 11.9 Å². The van der Waals surface area contributed by atoms with Gasteiger partial charge in [-0.1, -0.05) is 12.1 Å². The van der Waals surface area contributed by atoms with Crippen LogP contribution in [-0.2, 0) is 4.74 Å². The number of piperidine rings is 1. The minimum absolute atomic E-state index is 0.0199. The lowest BCUT2D eigenvalue weighted by atomic mass is 10.0. The minimum Gasteiger partial charge on any atom is -0.491 e. The number of likely N-dealkylation sites (tertiary alicyclic amines) is 1. The van der Waals surface area contributed by atoms with E-state index in [9.17, 15) is 4.79 Å². The van der Waals surface area contributed by atoms with Crippen molar-refractivity contribution >= 4 is 23.1 Å². The van der Waals surface area contributed by atoms with Crippen molar-refractivity contribution in [2.45, 2.75) is 18.9 Å². The molecule has 7 nitrogen and oxygen atoms in total. The average Bonchev–Trinajstić information content (AvgIpc) is 3.48. The molecule has 2 aromatic heterocycles. The Morgan fingerprint density at radius 3 is 2.77 bits per heavy atom. The maximum absolute atomic E-state index is 13.4. The van der Waals surface area contributed by atoms with Crippen LogP contribution in [0.1, 0.15) is 22.5 Å². The van der Waals surface area contributed by atoms with E-state index < -0.39 is 0 Å². The summed E-state index contributed by atoms with van der Waals surface area (Å²) in [6.45, 7) is 2.97. The summed E-state index contributed by atoms with van der Waals surface area (Å²) < 4.78 is 12.6. The van der Waals surface area contributed by atoms with Crippen LogP contribution in [-0.4, -0.2) is 67.1 Å². The molecule has 0 spiro atoms. The molecule has 0 bridgehead atoms. The highest BCUT2D eigenvalue weighted by molar-refractivity contribution is 7.12. The van der Waals surface area contributed by atoms with E-state index in [-0.39, 0.29) is 11.9 Å². The number of hydrogen-bond donors (Lipinski definition) is 0. The molecule has 31 heavy (non-hydrogen) atoms. The van der Waals surface area contributed by atoms with Gasteiger partial charge in [-0.15, -0.1) is 16.4 Å². The van der Waals surface area contributed by atoms with E-state index in [1.54, 1.807) is 11.8 Å². The van der Waals surface area contributed by atoms with Crippen LogP contribution in [0.3, 0.4) is 0 Å². The first-order valence-corrected chi connectivity index (χ1v) is 11.4. The molecule has 4 rings (SSSR count). The summed E-state index contributed by atoms with van der Waals surface area (Å²) in [4.78, 5) is 18.3. The summed E-state index contributed by atoms with van der Waals surface area (Å²) in [7, 11) is 3.77. The van der Waals surface area contributed by atoms with Crippen LogP contribution in [0.15, 0.2) is 54.0 Å². The van der Waals surface area contributed by atoms with Crippen molar-refractivity contribution in [1.82, 2.24) is 14.7 Å². The molecule has 164 valence electrons. The van der Waals surface area contributed by atoms with Crippen LogP contribution in [0.25, 0.3) is 5.69 Å². The van der Waals surface area contributed by atoms with Gasteiger partial charge in [-0.3, -0.25) is 9.69 Å². The minimum atomic E-state index is 0.0199. The van der Waals surface area contributed by atoms with E-state index >= 15 is 0 Å². The van der Waals surface area contributed by atoms with Crippen molar-refractivity contribution in [3.63, 3.8) is 0 Å². The molecule has 1 fully saturated rings. The Labute approximate surface area is 186 Å². The number of carbonyl (C=O) groups excluding carboxylic acids is 1. The third-order valence-electron chi connectivity index (χ3n) is 5.46. The molecule has 1 saturated heterocycles. The number of hydrogen-bond acceptors (Lipinski definition) is 6. The highest BCUT2D eigenvalue weighted by Gasteiger charge is 2.31. The zero-order valence-electron chi connectivity index (χ0n) is 17.9. The summed E-state index contributed by atoms with van der Waals surface area (Å²) in [5.41, 5.74) is 0.882. The van der Waals surface area contributed by atoms with E-state index in [0.717, 1.165) is 42.2 Å². The highest BCUT2D eigenvalue weighted by Crippen LogP contribution is 2.27. The summed E-state index contributed by atoms with van der Waals surface area (Å²) in [5, 5.41) is 6.71. The van der Waals surface area contributed by atoms with Crippen LogP contribution in [0.2, 0.25) is 0 Å². The van der Waals surface area contributed by atoms with Gasteiger partial charge >= 0.3 is 0 Å². The zero-order valence-corrected chi connectivity index (χ0v) is 18.8. The molecule has 0 unspecified atom stereocenters. The molecule has 3 heterocycles. The number of rotatable bonds is 8. The van der Waals surface area contributed by atoms with Gasteiger partial charge in [0.05, 0.1) is 17.2 Å². The fourth-order valence-corrected chi connectivity index (χ4v) is 4.43. The summed E-state index contributed by atoms with van der Waals surface area (Å²) in [6, 6.07) is 13.6. The number of methoxy groups -OCH3 is 1.